The van der Waals surface area contributed by atoms with Gasteiger partial charge in [0.25, 0.3) is 0 Å². The highest BCUT2D eigenvalue weighted by molar-refractivity contribution is 5.86. The molecule has 0 aliphatic carbocycles. The maximum Gasteiger partial charge on any atom is 0.239 e. The van der Waals surface area contributed by atoms with Crippen LogP contribution in [0.15, 0.2) is 0 Å². The van der Waals surface area contributed by atoms with Crippen molar-refractivity contribution in [2.75, 3.05) is 19.6 Å². The standard InChI is InChI=1S/C13H27N3O2/c1-5-7-11(8-14)13(18)16(6-2)9-12(17)15-10(3)4/h10-11H,5-9,14H2,1-4H3,(H,15,17). The molecule has 18 heavy (non-hydrogen) atoms. The van der Waals surface area contributed by atoms with Gasteiger partial charge in [-0.2, -0.15) is 0 Å². The van der Waals surface area contributed by atoms with E-state index >= 15 is 0 Å². The lowest BCUT2D eigenvalue weighted by Gasteiger charge is -2.25. The number of nitrogens with zero attached hydrogens (tertiary/aromatic N) is 1. The average molecular weight is 257 g/mol. The highest BCUT2D eigenvalue weighted by Crippen LogP contribution is 2.09. The average Bonchev–Trinajstić information content (AvgIpc) is 2.31. The molecule has 1 atom stereocenters. The second kappa shape index (κ2) is 8.91. The molecule has 0 bridgehead atoms. The molecule has 5 heteroatoms. The van der Waals surface area contributed by atoms with E-state index in [0.717, 1.165) is 12.8 Å². The van der Waals surface area contributed by atoms with Gasteiger partial charge >= 0.3 is 0 Å². The van der Waals surface area contributed by atoms with E-state index in [0.29, 0.717) is 13.1 Å². The van der Waals surface area contributed by atoms with Crippen molar-refractivity contribution in [2.24, 2.45) is 11.7 Å². The zero-order chi connectivity index (χ0) is 14.1. The zero-order valence-electron chi connectivity index (χ0n) is 12.0. The quantitative estimate of drug-likeness (QED) is 0.673. The summed E-state index contributed by atoms with van der Waals surface area (Å²) >= 11 is 0. The zero-order valence-corrected chi connectivity index (χ0v) is 12.0. The number of hydrogen-bond acceptors (Lipinski definition) is 3. The molecule has 5 nitrogen and oxygen atoms in total. The summed E-state index contributed by atoms with van der Waals surface area (Å²) in [5, 5.41) is 2.79. The monoisotopic (exact) mass is 257 g/mol. The van der Waals surface area contributed by atoms with Crippen LogP contribution in [-0.2, 0) is 9.59 Å². The van der Waals surface area contributed by atoms with Crippen LogP contribution in [0.3, 0.4) is 0 Å². The van der Waals surface area contributed by atoms with E-state index in [1.54, 1.807) is 4.90 Å². The smallest absolute Gasteiger partial charge is 0.239 e. The van der Waals surface area contributed by atoms with Crippen LogP contribution in [0.5, 0.6) is 0 Å². The summed E-state index contributed by atoms with van der Waals surface area (Å²) in [7, 11) is 0. The van der Waals surface area contributed by atoms with Gasteiger partial charge in [0.2, 0.25) is 11.8 Å². The third kappa shape index (κ3) is 6.00. The molecular formula is C13H27N3O2. The van der Waals surface area contributed by atoms with E-state index in [1.165, 1.54) is 0 Å². The highest BCUT2D eigenvalue weighted by Gasteiger charge is 2.23. The maximum atomic E-state index is 12.2. The fourth-order valence-corrected chi connectivity index (χ4v) is 1.84. The largest absolute Gasteiger partial charge is 0.352 e. The predicted molar refractivity (Wildman–Crippen MR) is 73.0 cm³/mol. The molecule has 0 heterocycles. The van der Waals surface area contributed by atoms with Crippen molar-refractivity contribution in [3.8, 4) is 0 Å². The molecule has 0 radical (unpaired) electrons. The first-order valence-corrected chi connectivity index (χ1v) is 6.74. The molecule has 0 saturated carbocycles. The van der Waals surface area contributed by atoms with Crippen molar-refractivity contribution in [2.45, 2.75) is 46.6 Å². The molecule has 0 aromatic carbocycles. The van der Waals surface area contributed by atoms with Crippen molar-refractivity contribution >= 4 is 11.8 Å². The van der Waals surface area contributed by atoms with Crippen molar-refractivity contribution in [3.05, 3.63) is 0 Å². The van der Waals surface area contributed by atoms with Crippen LogP contribution in [0.1, 0.15) is 40.5 Å². The number of amides is 2. The summed E-state index contributed by atoms with van der Waals surface area (Å²) in [4.78, 5) is 25.4. The fourth-order valence-electron chi connectivity index (χ4n) is 1.84. The third-order valence-corrected chi connectivity index (χ3v) is 2.75. The fraction of sp³-hybridized carbons (Fsp3) is 0.846. The summed E-state index contributed by atoms with van der Waals surface area (Å²) < 4.78 is 0. The molecule has 0 aromatic heterocycles. The van der Waals surface area contributed by atoms with Gasteiger partial charge < -0.3 is 16.0 Å². The van der Waals surface area contributed by atoms with E-state index in [-0.39, 0.29) is 30.3 Å². The van der Waals surface area contributed by atoms with E-state index in [4.69, 9.17) is 5.73 Å². The first-order chi connectivity index (χ1) is 8.46. The molecule has 0 rings (SSSR count). The van der Waals surface area contributed by atoms with Crippen LogP contribution in [0.25, 0.3) is 0 Å². The molecule has 0 aliphatic heterocycles. The maximum absolute atomic E-state index is 12.2. The third-order valence-electron chi connectivity index (χ3n) is 2.75. The topological polar surface area (TPSA) is 75.4 Å². The Morgan fingerprint density at radius 1 is 1.28 bits per heavy atom. The molecule has 1 unspecified atom stereocenters. The van der Waals surface area contributed by atoms with Crippen LogP contribution in [-0.4, -0.2) is 42.4 Å². The van der Waals surface area contributed by atoms with Crippen LogP contribution in [0.2, 0.25) is 0 Å². The van der Waals surface area contributed by atoms with Crippen molar-refractivity contribution in [1.82, 2.24) is 10.2 Å². The van der Waals surface area contributed by atoms with Gasteiger partial charge in [-0.1, -0.05) is 13.3 Å². The van der Waals surface area contributed by atoms with E-state index in [2.05, 4.69) is 5.32 Å². The van der Waals surface area contributed by atoms with Crippen LogP contribution in [0.4, 0.5) is 0 Å². The lowest BCUT2D eigenvalue weighted by atomic mass is 10.0. The van der Waals surface area contributed by atoms with Crippen LogP contribution >= 0.6 is 0 Å². The van der Waals surface area contributed by atoms with Gasteiger partial charge in [-0.3, -0.25) is 9.59 Å². The Morgan fingerprint density at radius 2 is 1.89 bits per heavy atom. The number of nitrogens with two attached hydrogens (primary N) is 1. The van der Waals surface area contributed by atoms with Crippen molar-refractivity contribution in [1.29, 1.82) is 0 Å². The van der Waals surface area contributed by atoms with Crippen molar-refractivity contribution < 1.29 is 9.59 Å². The normalized spacial score (nSPS) is 12.3. The second-order valence-electron chi connectivity index (χ2n) is 4.80. The number of hydrogen-bond donors (Lipinski definition) is 2. The molecule has 0 saturated heterocycles. The SMILES string of the molecule is CCCC(CN)C(=O)N(CC)CC(=O)NC(C)C. The van der Waals surface area contributed by atoms with Gasteiger partial charge in [-0.15, -0.1) is 0 Å². The molecule has 106 valence electrons. The number of carbonyl (C=O) groups excluding carboxylic acids is 2. The van der Waals surface area contributed by atoms with Gasteiger partial charge in [0.15, 0.2) is 0 Å². The lowest BCUT2D eigenvalue weighted by molar-refractivity contribution is -0.139. The van der Waals surface area contributed by atoms with Gasteiger partial charge in [-0.25, -0.2) is 0 Å². The summed E-state index contributed by atoms with van der Waals surface area (Å²) in [5.41, 5.74) is 5.62. The number of rotatable bonds is 8. The molecule has 0 fully saturated rings. The van der Waals surface area contributed by atoms with Gasteiger partial charge in [0.1, 0.15) is 0 Å². The first kappa shape index (κ1) is 16.9. The van der Waals surface area contributed by atoms with E-state index in [1.807, 2.05) is 27.7 Å². The molecule has 2 amide bonds. The van der Waals surface area contributed by atoms with Crippen LogP contribution in [0, 0.1) is 5.92 Å². The predicted octanol–water partition coefficient (Wildman–Crippen LogP) is 0.735. The lowest BCUT2D eigenvalue weighted by Crippen LogP contribution is -2.45. The van der Waals surface area contributed by atoms with E-state index < -0.39 is 0 Å². The Morgan fingerprint density at radius 3 is 2.28 bits per heavy atom. The Labute approximate surface area is 110 Å². The Balaban J connectivity index is 4.46. The first-order valence-electron chi connectivity index (χ1n) is 6.74. The summed E-state index contributed by atoms with van der Waals surface area (Å²) in [5.74, 6) is -0.296. The minimum absolute atomic E-state index is 0.0132. The number of carbonyl (C=O) groups is 2. The van der Waals surface area contributed by atoms with Crippen molar-refractivity contribution in [3.63, 3.8) is 0 Å². The number of nitrogens with one attached hydrogen (secondary N) is 1. The molecule has 3 N–H and O–H groups in total. The van der Waals surface area contributed by atoms with Gasteiger partial charge in [0, 0.05) is 19.1 Å². The summed E-state index contributed by atoms with van der Waals surface area (Å²) in [6, 6.07) is 0.0901. The second-order valence-corrected chi connectivity index (χ2v) is 4.80. The Kier molecular flexibility index (Phi) is 8.37. The van der Waals surface area contributed by atoms with Crippen LogP contribution < -0.4 is 11.1 Å². The minimum Gasteiger partial charge on any atom is -0.352 e. The Bertz CT molecular complexity index is 267. The molecule has 0 spiro atoms. The molecular weight excluding hydrogens is 230 g/mol. The molecule has 0 aliphatic rings. The number of likely N-dealkylation sites (N-methyl/N-ethyl adjacent to an activating group) is 1. The summed E-state index contributed by atoms with van der Waals surface area (Å²) in [6.45, 7) is 8.69. The highest BCUT2D eigenvalue weighted by atomic mass is 16.2. The Hall–Kier alpha value is -1.10. The van der Waals surface area contributed by atoms with E-state index in [9.17, 15) is 9.59 Å². The minimum atomic E-state index is -0.165. The molecule has 0 aromatic rings. The van der Waals surface area contributed by atoms with Gasteiger partial charge in [-0.05, 0) is 27.2 Å². The van der Waals surface area contributed by atoms with Gasteiger partial charge in [0.05, 0.1) is 12.5 Å². The summed E-state index contributed by atoms with van der Waals surface area (Å²) in [6.07, 6.45) is 1.70.